The Bertz CT molecular complexity index is 86.1. The standard InChI is InChI=1S/C5H9NS/c1-3-4-7-5(2)6/h3-4,6H,1-2H3/b4-3+,6-5?. The first-order valence-electron chi connectivity index (χ1n) is 2.10. The van der Waals surface area contributed by atoms with Crippen molar-refractivity contribution in [2.24, 2.45) is 0 Å². The van der Waals surface area contributed by atoms with Crippen molar-refractivity contribution in [2.75, 3.05) is 0 Å². The second-order valence-electron chi connectivity index (χ2n) is 1.14. The molecule has 0 aliphatic rings. The zero-order valence-corrected chi connectivity index (χ0v) is 5.38. The van der Waals surface area contributed by atoms with Crippen molar-refractivity contribution in [3.8, 4) is 0 Å². The molecule has 7 heavy (non-hydrogen) atoms. The molecule has 0 aliphatic heterocycles. The molecule has 0 saturated heterocycles. The minimum atomic E-state index is 0.637. The van der Waals surface area contributed by atoms with Crippen LogP contribution in [-0.4, -0.2) is 5.04 Å². The molecular weight excluding hydrogens is 106 g/mol. The average molecular weight is 115 g/mol. The Kier molecular flexibility index (Phi) is 3.80. The highest BCUT2D eigenvalue weighted by Gasteiger charge is 1.76. The molecule has 0 bridgehead atoms. The van der Waals surface area contributed by atoms with Gasteiger partial charge in [-0.25, -0.2) is 0 Å². The second kappa shape index (κ2) is 3.93. The highest BCUT2D eigenvalue weighted by Crippen LogP contribution is 2.01. The number of hydrogen-bond acceptors (Lipinski definition) is 2. The number of hydrogen-bond donors (Lipinski definition) is 1. The van der Waals surface area contributed by atoms with Gasteiger partial charge in [0.1, 0.15) is 0 Å². The summed E-state index contributed by atoms with van der Waals surface area (Å²) in [5.41, 5.74) is 0. The van der Waals surface area contributed by atoms with E-state index in [-0.39, 0.29) is 0 Å². The minimum Gasteiger partial charge on any atom is -0.298 e. The van der Waals surface area contributed by atoms with Crippen molar-refractivity contribution in [1.29, 1.82) is 5.41 Å². The van der Waals surface area contributed by atoms with Gasteiger partial charge in [-0.2, -0.15) is 0 Å². The lowest BCUT2D eigenvalue weighted by Gasteiger charge is -1.82. The van der Waals surface area contributed by atoms with Crippen LogP contribution in [-0.2, 0) is 0 Å². The maximum Gasteiger partial charge on any atom is 0.0652 e. The smallest absolute Gasteiger partial charge is 0.0652 e. The van der Waals surface area contributed by atoms with Gasteiger partial charge in [-0.05, 0) is 19.3 Å². The van der Waals surface area contributed by atoms with Crippen molar-refractivity contribution < 1.29 is 0 Å². The zero-order valence-electron chi connectivity index (χ0n) is 4.56. The van der Waals surface area contributed by atoms with Crippen molar-refractivity contribution in [1.82, 2.24) is 0 Å². The van der Waals surface area contributed by atoms with Crippen LogP contribution < -0.4 is 0 Å². The van der Waals surface area contributed by atoms with Gasteiger partial charge in [0.25, 0.3) is 0 Å². The van der Waals surface area contributed by atoms with E-state index in [0.717, 1.165) is 0 Å². The lowest BCUT2D eigenvalue weighted by atomic mass is 10.8. The van der Waals surface area contributed by atoms with Crippen molar-refractivity contribution in [2.45, 2.75) is 13.8 Å². The van der Waals surface area contributed by atoms with Crippen molar-refractivity contribution in [3.63, 3.8) is 0 Å². The average Bonchev–Trinajstić information content (AvgIpc) is 1.61. The molecule has 0 atom stereocenters. The van der Waals surface area contributed by atoms with Crippen LogP contribution in [0.4, 0.5) is 0 Å². The molecule has 0 fully saturated rings. The van der Waals surface area contributed by atoms with E-state index in [2.05, 4.69) is 0 Å². The van der Waals surface area contributed by atoms with Gasteiger partial charge in [0.15, 0.2) is 0 Å². The number of allylic oxidation sites excluding steroid dienone is 1. The van der Waals surface area contributed by atoms with Gasteiger partial charge < -0.3 is 0 Å². The molecule has 0 aromatic heterocycles. The number of rotatable bonds is 1. The van der Waals surface area contributed by atoms with Gasteiger partial charge in [-0.15, -0.1) is 0 Å². The van der Waals surface area contributed by atoms with E-state index in [1.807, 2.05) is 18.4 Å². The van der Waals surface area contributed by atoms with Crippen LogP contribution >= 0.6 is 11.8 Å². The summed E-state index contributed by atoms with van der Waals surface area (Å²) >= 11 is 1.43. The molecule has 0 aliphatic carbocycles. The minimum absolute atomic E-state index is 0.637. The Labute approximate surface area is 48.3 Å². The summed E-state index contributed by atoms with van der Waals surface area (Å²) in [6.45, 7) is 3.71. The molecular formula is C5H9NS. The summed E-state index contributed by atoms with van der Waals surface area (Å²) in [7, 11) is 0. The Morgan fingerprint density at radius 1 is 1.71 bits per heavy atom. The third-order valence-electron chi connectivity index (χ3n) is 0.381. The summed E-state index contributed by atoms with van der Waals surface area (Å²) in [6, 6.07) is 0. The first-order chi connectivity index (χ1) is 3.27. The molecule has 0 spiro atoms. The molecule has 0 aromatic rings. The highest BCUT2D eigenvalue weighted by molar-refractivity contribution is 8.16. The summed E-state index contributed by atoms with van der Waals surface area (Å²) in [4.78, 5) is 0. The van der Waals surface area contributed by atoms with E-state index in [0.29, 0.717) is 5.04 Å². The second-order valence-corrected chi connectivity index (χ2v) is 2.26. The molecule has 40 valence electrons. The van der Waals surface area contributed by atoms with Crippen molar-refractivity contribution in [3.05, 3.63) is 11.5 Å². The van der Waals surface area contributed by atoms with E-state index >= 15 is 0 Å². The molecule has 0 unspecified atom stereocenters. The zero-order chi connectivity index (χ0) is 5.70. The summed E-state index contributed by atoms with van der Waals surface area (Å²) in [6.07, 6.45) is 1.92. The van der Waals surface area contributed by atoms with Gasteiger partial charge >= 0.3 is 0 Å². The molecule has 0 saturated carbocycles. The van der Waals surface area contributed by atoms with Crippen molar-refractivity contribution >= 4 is 16.8 Å². The SMILES string of the molecule is C/C=C/SC(C)=N. The molecule has 2 heteroatoms. The van der Waals surface area contributed by atoms with Crippen LogP contribution in [0.2, 0.25) is 0 Å². The molecule has 1 N–H and O–H groups in total. The third-order valence-corrected chi connectivity index (χ3v) is 1.14. The largest absolute Gasteiger partial charge is 0.298 e. The Balaban J connectivity index is 3.14. The Morgan fingerprint density at radius 3 is 2.43 bits per heavy atom. The van der Waals surface area contributed by atoms with Gasteiger partial charge in [-0.1, -0.05) is 17.8 Å². The first kappa shape index (κ1) is 6.76. The van der Waals surface area contributed by atoms with Gasteiger partial charge in [0, 0.05) is 0 Å². The topological polar surface area (TPSA) is 23.9 Å². The molecule has 0 rings (SSSR count). The van der Waals surface area contributed by atoms with Gasteiger partial charge in [-0.3, -0.25) is 5.41 Å². The first-order valence-corrected chi connectivity index (χ1v) is 2.98. The predicted molar refractivity (Wildman–Crippen MR) is 35.8 cm³/mol. The van der Waals surface area contributed by atoms with Crippen LogP contribution in [0.3, 0.4) is 0 Å². The maximum absolute atomic E-state index is 6.91. The van der Waals surface area contributed by atoms with E-state index < -0.39 is 0 Å². The van der Waals surface area contributed by atoms with E-state index in [9.17, 15) is 0 Å². The van der Waals surface area contributed by atoms with Crippen LogP contribution in [0, 0.1) is 5.41 Å². The normalized spacial score (nSPS) is 10.0. The molecule has 0 radical (unpaired) electrons. The fourth-order valence-electron chi connectivity index (χ4n) is 0.170. The van der Waals surface area contributed by atoms with Gasteiger partial charge in [0.2, 0.25) is 0 Å². The fourth-order valence-corrected chi connectivity index (χ4v) is 0.510. The summed E-state index contributed by atoms with van der Waals surface area (Å²) in [5.74, 6) is 0. The van der Waals surface area contributed by atoms with E-state index in [1.54, 1.807) is 6.92 Å². The predicted octanol–water partition coefficient (Wildman–Crippen LogP) is 2.25. The third kappa shape index (κ3) is 5.76. The van der Waals surface area contributed by atoms with E-state index in [4.69, 9.17) is 5.41 Å². The highest BCUT2D eigenvalue weighted by atomic mass is 32.2. The quantitative estimate of drug-likeness (QED) is 0.411. The number of thioether (sulfide) groups is 1. The van der Waals surface area contributed by atoms with Crippen LogP contribution in [0.25, 0.3) is 0 Å². The Morgan fingerprint density at radius 2 is 2.29 bits per heavy atom. The lowest BCUT2D eigenvalue weighted by Crippen LogP contribution is -1.70. The van der Waals surface area contributed by atoms with Crippen LogP contribution in [0.5, 0.6) is 0 Å². The summed E-state index contributed by atoms with van der Waals surface area (Å²) in [5, 5.41) is 9.44. The maximum atomic E-state index is 6.91. The molecule has 0 aromatic carbocycles. The monoisotopic (exact) mass is 115 g/mol. The number of nitrogens with one attached hydrogen (secondary N) is 1. The lowest BCUT2D eigenvalue weighted by molar-refractivity contribution is 1.54. The van der Waals surface area contributed by atoms with Crippen LogP contribution in [0.1, 0.15) is 13.8 Å². The fraction of sp³-hybridized carbons (Fsp3) is 0.400. The van der Waals surface area contributed by atoms with Crippen LogP contribution in [0.15, 0.2) is 11.5 Å². The molecule has 0 amide bonds. The Hall–Kier alpha value is -0.240. The van der Waals surface area contributed by atoms with E-state index in [1.165, 1.54) is 11.8 Å². The molecule has 0 heterocycles. The molecule has 1 nitrogen and oxygen atoms in total. The van der Waals surface area contributed by atoms with Gasteiger partial charge in [0.05, 0.1) is 5.04 Å². The summed E-state index contributed by atoms with van der Waals surface area (Å²) < 4.78 is 0.